The van der Waals surface area contributed by atoms with Crippen molar-refractivity contribution in [2.75, 3.05) is 33.4 Å². The molecule has 0 bridgehead atoms. The van der Waals surface area contributed by atoms with Crippen LogP contribution < -0.4 is 5.32 Å². The minimum Gasteiger partial charge on any atom is -0.387 e. The number of imide groups is 1. The summed E-state index contributed by atoms with van der Waals surface area (Å²) >= 11 is 0. The van der Waals surface area contributed by atoms with Gasteiger partial charge >= 0.3 is 6.03 Å². The summed E-state index contributed by atoms with van der Waals surface area (Å²) in [6.45, 7) is 7.56. The van der Waals surface area contributed by atoms with Crippen LogP contribution in [0.15, 0.2) is 0 Å². The molecule has 0 aromatic carbocycles. The van der Waals surface area contributed by atoms with E-state index in [4.69, 9.17) is 4.74 Å². The van der Waals surface area contributed by atoms with Gasteiger partial charge in [-0.2, -0.15) is 0 Å². The molecule has 0 spiro atoms. The van der Waals surface area contributed by atoms with Crippen LogP contribution in [0.4, 0.5) is 4.79 Å². The summed E-state index contributed by atoms with van der Waals surface area (Å²) in [5.74, 6) is -0.711. The van der Waals surface area contributed by atoms with Gasteiger partial charge in [-0.3, -0.25) is 14.5 Å². The Kier molecular flexibility index (Phi) is 4.67. The number of urea groups is 1. The minimum absolute atomic E-state index is 0.198. The van der Waals surface area contributed by atoms with Crippen LogP contribution in [-0.2, 0) is 14.3 Å². The fourth-order valence-corrected chi connectivity index (χ4v) is 3.28. The molecule has 2 N–H and O–H groups in total. The van der Waals surface area contributed by atoms with Crippen molar-refractivity contribution in [2.24, 2.45) is 5.41 Å². The van der Waals surface area contributed by atoms with Crippen LogP contribution in [0, 0.1) is 5.41 Å². The van der Waals surface area contributed by atoms with E-state index in [9.17, 15) is 19.5 Å². The number of nitrogens with zero attached hydrogens (tertiary/aromatic N) is 2. The number of hydrogen-bond acceptors (Lipinski definition) is 5. The molecule has 0 aromatic rings. The van der Waals surface area contributed by atoms with Crippen molar-refractivity contribution in [3.8, 4) is 0 Å². The summed E-state index contributed by atoms with van der Waals surface area (Å²) in [7, 11) is 1.53. The van der Waals surface area contributed by atoms with E-state index in [0.29, 0.717) is 19.5 Å². The SMILES string of the molecule is COC[C@]1(O)CCN(C(=O)CN2C(=O)NC(C)(C)C2=O)CC1(C)C. The lowest BCUT2D eigenvalue weighted by molar-refractivity contribution is -0.164. The first kappa shape index (κ1) is 18.7. The number of likely N-dealkylation sites (tertiary alicyclic amines) is 1. The van der Waals surface area contributed by atoms with Crippen molar-refractivity contribution in [2.45, 2.75) is 45.3 Å². The van der Waals surface area contributed by atoms with Crippen LogP contribution >= 0.6 is 0 Å². The number of amides is 4. The Morgan fingerprint density at radius 2 is 1.92 bits per heavy atom. The average Bonchev–Trinajstić information content (AvgIpc) is 2.64. The number of piperidine rings is 1. The lowest BCUT2D eigenvalue weighted by Crippen LogP contribution is -2.61. The fourth-order valence-electron chi connectivity index (χ4n) is 3.28. The van der Waals surface area contributed by atoms with E-state index in [1.807, 2.05) is 13.8 Å². The van der Waals surface area contributed by atoms with Crippen molar-refractivity contribution >= 4 is 17.8 Å². The van der Waals surface area contributed by atoms with Gasteiger partial charge in [0.25, 0.3) is 5.91 Å². The third kappa shape index (κ3) is 3.12. The number of ether oxygens (including phenoxy) is 1. The molecule has 2 heterocycles. The summed E-state index contributed by atoms with van der Waals surface area (Å²) in [4.78, 5) is 39.2. The molecule has 2 rings (SSSR count). The number of hydrogen-bond donors (Lipinski definition) is 2. The second kappa shape index (κ2) is 6.00. The molecule has 0 unspecified atom stereocenters. The zero-order chi connectivity index (χ0) is 18.3. The molecule has 136 valence electrons. The van der Waals surface area contributed by atoms with Crippen LogP contribution in [0.25, 0.3) is 0 Å². The van der Waals surface area contributed by atoms with E-state index < -0.39 is 28.5 Å². The van der Waals surface area contributed by atoms with Crippen LogP contribution in [0.2, 0.25) is 0 Å². The molecule has 2 aliphatic heterocycles. The number of nitrogens with one attached hydrogen (secondary N) is 1. The predicted molar refractivity (Wildman–Crippen MR) is 86.1 cm³/mol. The van der Waals surface area contributed by atoms with Crippen LogP contribution in [-0.4, -0.2) is 77.2 Å². The van der Waals surface area contributed by atoms with Crippen molar-refractivity contribution in [1.82, 2.24) is 15.1 Å². The number of carbonyl (C=O) groups is 3. The molecule has 2 aliphatic rings. The molecular weight excluding hydrogens is 314 g/mol. The summed E-state index contributed by atoms with van der Waals surface area (Å²) in [5.41, 5.74) is -2.56. The standard InChI is InChI=1S/C16H27N3O5/c1-14(2)9-18(7-6-16(14,23)10-24-5)11(20)8-19-12(21)15(3,4)17-13(19)22/h23H,6-10H2,1-5H3,(H,17,22)/t16-/m1/s1. The third-order valence-electron chi connectivity index (χ3n) is 5.11. The first-order chi connectivity index (χ1) is 10.9. The molecule has 0 aliphatic carbocycles. The van der Waals surface area contributed by atoms with Crippen molar-refractivity contribution in [1.29, 1.82) is 0 Å². The topological polar surface area (TPSA) is 99.2 Å². The number of rotatable bonds is 4. The Hall–Kier alpha value is -1.67. The third-order valence-corrected chi connectivity index (χ3v) is 5.11. The first-order valence-electron chi connectivity index (χ1n) is 8.07. The van der Waals surface area contributed by atoms with Gasteiger partial charge in [0, 0.05) is 25.6 Å². The highest BCUT2D eigenvalue weighted by atomic mass is 16.5. The second-order valence-electron chi connectivity index (χ2n) is 7.86. The van der Waals surface area contributed by atoms with Crippen LogP contribution in [0.5, 0.6) is 0 Å². The van der Waals surface area contributed by atoms with Gasteiger partial charge in [-0.05, 0) is 20.3 Å². The monoisotopic (exact) mass is 341 g/mol. The first-order valence-corrected chi connectivity index (χ1v) is 8.07. The Labute approximate surface area is 142 Å². The molecule has 8 nitrogen and oxygen atoms in total. The molecule has 0 aromatic heterocycles. The maximum atomic E-state index is 12.6. The highest BCUT2D eigenvalue weighted by Gasteiger charge is 2.50. The zero-order valence-electron chi connectivity index (χ0n) is 15.0. The molecule has 8 heteroatoms. The van der Waals surface area contributed by atoms with E-state index >= 15 is 0 Å². The van der Waals surface area contributed by atoms with Gasteiger partial charge in [0.2, 0.25) is 5.91 Å². The summed E-state index contributed by atoms with van der Waals surface area (Å²) in [5, 5.41) is 13.3. The minimum atomic E-state index is -1.01. The molecular formula is C16H27N3O5. The van der Waals surface area contributed by atoms with Gasteiger partial charge in [0.05, 0.1) is 12.2 Å². The van der Waals surface area contributed by atoms with E-state index in [1.165, 1.54) is 7.11 Å². The van der Waals surface area contributed by atoms with Gasteiger partial charge in [-0.15, -0.1) is 0 Å². The molecule has 2 saturated heterocycles. The molecule has 0 radical (unpaired) electrons. The molecule has 24 heavy (non-hydrogen) atoms. The number of methoxy groups -OCH3 is 1. The lowest BCUT2D eigenvalue weighted by atomic mass is 9.70. The number of aliphatic hydroxyl groups is 1. The van der Waals surface area contributed by atoms with E-state index in [2.05, 4.69) is 5.32 Å². The highest BCUT2D eigenvalue weighted by Crippen LogP contribution is 2.38. The summed E-state index contributed by atoms with van der Waals surface area (Å²) in [6, 6.07) is -0.550. The zero-order valence-corrected chi connectivity index (χ0v) is 15.0. The Bertz CT molecular complexity index is 560. The van der Waals surface area contributed by atoms with Gasteiger partial charge in [0.15, 0.2) is 0 Å². The molecule has 0 saturated carbocycles. The average molecular weight is 341 g/mol. The Morgan fingerprint density at radius 1 is 1.29 bits per heavy atom. The summed E-state index contributed by atoms with van der Waals surface area (Å²) in [6.07, 6.45) is 0.380. The van der Waals surface area contributed by atoms with Crippen molar-refractivity contribution in [3.05, 3.63) is 0 Å². The Morgan fingerprint density at radius 3 is 2.38 bits per heavy atom. The van der Waals surface area contributed by atoms with E-state index in [1.54, 1.807) is 18.7 Å². The van der Waals surface area contributed by atoms with Gasteiger partial charge in [-0.1, -0.05) is 13.8 Å². The van der Waals surface area contributed by atoms with Gasteiger partial charge < -0.3 is 20.1 Å². The summed E-state index contributed by atoms with van der Waals surface area (Å²) < 4.78 is 5.12. The predicted octanol–water partition coefficient (Wildman–Crippen LogP) is -0.0472. The molecule has 1 atom stereocenters. The number of carbonyl (C=O) groups excluding carboxylic acids is 3. The van der Waals surface area contributed by atoms with E-state index in [0.717, 1.165) is 4.90 Å². The van der Waals surface area contributed by atoms with Crippen LogP contribution in [0.3, 0.4) is 0 Å². The van der Waals surface area contributed by atoms with Gasteiger partial charge in [0.1, 0.15) is 12.1 Å². The van der Waals surface area contributed by atoms with Crippen molar-refractivity contribution in [3.63, 3.8) is 0 Å². The molecule has 2 fully saturated rings. The smallest absolute Gasteiger partial charge is 0.325 e. The lowest BCUT2D eigenvalue weighted by Gasteiger charge is -2.50. The quantitative estimate of drug-likeness (QED) is 0.699. The largest absolute Gasteiger partial charge is 0.387 e. The fraction of sp³-hybridized carbons (Fsp3) is 0.812. The van der Waals surface area contributed by atoms with Gasteiger partial charge in [-0.25, -0.2) is 4.79 Å². The van der Waals surface area contributed by atoms with E-state index in [-0.39, 0.29) is 19.1 Å². The van der Waals surface area contributed by atoms with Crippen molar-refractivity contribution < 1.29 is 24.2 Å². The molecule has 4 amide bonds. The maximum Gasteiger partial charge on any atom is 0.325 e. The Balaban J connectivity index is 2.05. The maximum absolute atomic E-state index is 12.6. The second-order valence-corrected chi connectivity index (χ2v) is 7.86. The highest BCUT2D eigenvalue weighted by molar-refractivity contribution is 6.08. The van der Waals surface area contributed by atoms with Crippen LogP contribution in [0.1, 0.15) is 34.1 Å². The normalized spacial score (nSPS) is 28.9.